The first kappa shape index (κ1) is 18.2. The van der Waals surface area contributed by atoms with Crippen LogP contribution in [0, 0.1) is 0 Å². The Balaban J connectivity index is 1.83. The Morgan fingerprint density at radius 3 is 2.96 bits per heavy atom. The van der Waals surface area contributed by atoms with Crippen LogP contribution in [-0.4, -0.2) is 42.9 Å². The van der Waals surface area contributed by atoms with Crippen LogP contribution in [-0.2, 0) is 20.9 Å². The number of rotatable bonds is 6. The van der Waals surface area contributed by atoms with Gasteiger partial charge >= 0.3 is 6.09 Å². The smallest absolute Gasteiger partial charge is 0.414 e. The highest BCUT2D eigenvalue weighted by Gasteiger charge is 2.32. The molecule has 1 fully saturated rings. The first-order valence-corrected chi connectivity index (χ1v) is 9.34. The van der Waals surface area contributed by atoms with Gasteiger partial charge in [0, 0.05) is 18.7 Å². The summed E-state index contributed by atoms with van der Waals surface area (Å²) in [5.41, 5.74) is 1.80. The lowest BCUT2D eigenvalue weighted by Gasteiger charge is -2.13. The van der Waals surface area contributed by atoms with Crippen molar-refractivity contribution in [3.63, 3.8) is 0 Å². The van der Waals surface area contributed by atoms with Gasteiger partial charge in [-0.2, -0.15) is 0 Å². The van der Waals surface area contributed by atoms with Crippen molar-refractivity contribution >= 4 is 39.2 Å². The standard InChI is InChI=1S/C17H22N4O4S/c1-4-15(22)18-9-12-10-21(17(23)25-12)11-6-7-13-14(8-11)26-16(19-24-3)20(13)5-2/h6-8,12H,4-5,9-10H2,1-3H3,(H,18,22)/b19-16+/t12-/m0/s1. The molecule has 8 nitrogen and oxygen atoms in total. The lowest BCUT2D eigenvalue weighted by molar-refractivity contribution is -0.121. The molecule has 9 heteroatoms. The van der Waals surface area contributed by atoms with Crippen LogP contribution in [0.1, 0.15) is 20.3 Å². The number of anilines is 1. The SMILES string of the molecule is CCC(=O)NC[C@H]1CN(c2ccc3c(c2)s/c(=N/OC)n3CC)C(=O)O1. The van der Waals surface area contributed by atoms with Gasteiger partial charge in [-0.1, -0.05) is 23.4 Å². The molecule has 1 aromatic carbocycles. The topological polar surface area (TPSA) is 85.2 Å². The van der Waals surface area contributed by atoms with Gasteiger partial charge in [0.25, 0.3) is 0 Å². The number of nitrogens with one attached hydrogen (secondary N) is 1. The first-order valence-electron chi connectivity index (χ1n) is 8.52. The maximum Gasteiger partial charge on any atom is 0.414 e. The van der Waals surface area contributed by atoms with Crippen LogP contribution < -0.4 is 15.0 Å². The molecule has 0 aliphatic carbocycles. The summed E-state index contributed by atoms with van der Waals surface area (Å²) in [5.74, 6) is -0.0574. The number of benzene rings is 1. The molecule has 1 atom stereocenters. The minimum Gasteiger partial charge on any atom is -0.442 e. The molecule has 1 N–H and O–H groups in total. The van der Waals surface area contributed by atoms with E-state index in [4.69, 9.17) is 9.57 Å². The van der Waals surface area contributed by atoms with Crippen LogP contribution in [0.15, 0.2) is 23.4 Å². The second-order valence-electron chi connectivity index (χ2n) is 5.83. The Labute approximate surface area is 155 Å². The molecule has 140 valence electrons. The number of aryl methyl sites for hydroxylation is 1. The second kappa shape index (κ2) is 7.77. The number of amides is 2. The number of carbonyl (C=O) groups is 2. The van der Waals surface area contributed by atoms with E-state index in [1.54, 1.807) is 11.8 Å². The number of cyclic esters (lactones) is 1. The van der Waals surface area contributed by atoms with E-state index in [2.05, 4.69) is 15.0 Å². The molecule has 0 unspecified atom stereocenters. The molecule has 2 heterocycles. The Hall–Kier alpha value is -2.55. The van der Waals surface area contributed by atoms with E-state index in [0.29, 0.717) is 19.5 Å². The molecule has 0 saturated carbocycles. The van der Waals surface area contributed by atoms with Crippen LogP contribution in [0.2, 0.25) is 0 Å². The molecule has 1 aliphatic heterocycles. The van der Waals surface area contributed by atoms with E-state index in [1.807, 2.05) is 25.1 Å². The van der Waals surface area contributed by atoms with Crippen molar-refractivity contribution in [1.29, 1.82) is 0 Å². The number of aromatic nitrogens is 1. The Kier molecular flexibility index (Phi) is 5.46. The summed E-state index contributed by atoms with van der Waals surface area (Å²) in [6.07, 6.45) is -0.343. The third kappa shape index (κ3) is 3.52. The molecule has 2 aromatic rings. The minimum absolute atomic E-state index is 0.0574. The van der Waals surface area contributed by atoms with Gasteiger partial charge in [0.2, 0.25) is 10.7 Å². The average molecular weight is 378 g/mol. The molecule has 1 aliphatic rings. The molecular weight excluding hydrogens is 356 g/mol. The molecule has 0 radical (unpaired) electrons. The fourth-order valence-electron chi connectivity index (χ4n) is 2.87. The zero-order valence-corrected chi connectivity index (χ0v) is 15.8. The Morgan fingerprint density at radius 2 is 2.27 bits per heavy atom. The van der Waals surface area contributed by atoms with E-state index in [1.165, 1.54) is 18.4 Å². The number of carbonyl (C=O) groups excluding carboxylic acids is 2. The van der Waals surface area contributed by atoms with Crippen molar-refractivity contribution in [2.75, 3.05) is 25.1 Å². The highest BCUT2D eigenvalue weighted by atomic mass is 32.1. The number of hydrogen-bond donors (Lipinski definition) is 1. The van der Waals surface area contributed by atoms with E-state index in [-0.39, 0.29) is 12.0 Å². The van der Waals surface area contributed by atoms with Crippen LogP contribution in [0.4, 0.5) is 10.5 Å². The molecule has 26 heavy (non-hydrogen) atoms. The van der Waals surface area contributed by atoms with Gasteiger partial charge in [-0.25, -0.2) is 4.79 Å². The molecule has 1 aromatic heterocycles. The zero-order chi connectivity index (χ0) is 18.7. The van der Waals surface area contributed by atoms with Gasteiger partial charge in [-0.05, 0) is 25.1 Å². The van der Waals surface area contributed by atoms with Crippen molar-refractivity contribution in [3.05, 3.63) is 23.0 Å². The van der Waals surface area contributed by atoms with Gasteiger partial charge in [0.1, 0.15) is 13.2 Å². The van der Waals surface area contributed by atoms with E-state index in [0.717, 1.165) is 27.3 Å². The van der Waals surface area contributed by atoms with Gasteiger partial charge in [0.15, 0.2) is 0 Å². The van der Waals surface area contributed by atoms with Crippen molar-refractivity contribution in [2.24, 2.45) is 5.16 Å². The fraction of sp³-hybridized carbons (Fsp3) is 0.471. The number of nitrogens with zero attached hydrogens (tertiary/aromatic N) is 3. The summed E-state index contributed by atoms with van der Waals surface area (Å²) in [6, 6.07) is 5.82. The number of thiazole rings is 1. The zero-order valence-electron chi connectivity index (χ0n) is 15.0. The molecule has 3 rings (SSSR count). The third-order valence-electron chi connectivity index (χ3n) is 4.19. The minimum atomic E-state index is -0.401. The number of ether oxygens (including phenoxy) is 1. The highest BCUT2D eigenvalue weighted by Crippen LogP contribution is 2.27. The summed E-state index contributed by atoms with van der Waals surface area (Å²) in [5, 5.41) is 6.81. The van der Waals surface area contributed by atoms with Crippen molar-refractivity contribution in [3.8, 4) is 0 Å². The Morgan fingerprint density at radius 1 is 1.46 bits per heavy atom. The molecule has 0 bridgehead atoms. The average Bonchev–Trinajstić information content (AvgIpc) is 3.18. The third-order valence-corrected chi connectivity index (χ3v) is 5.21. The molecular formula is C17H22N4O4S. The van der Waals surface area contributed by atoms with Gasteiger partial charge in [-0.15, -0.1) is 0 Å². The largest absolute Gasteiger partial charge is 0.442 e. The van der Waals surface area contributed by atoms with Crippen molar-refractivity contribution in [1.82, 2.24) is 9.88 Å². The lowest BCUT2D eigenvalue weighted by atomic mass is 10.2. The normalized spacial score (nSPS) is 17.7. The maximum atomic E-state index is 12.2. The summed E-state index contributed by atoms with van der Waals surface area (Å²) in [4.78, 5) is 30.9. The monoisotopic (exact) mass is 378 g/mol. The lowest BCUT2D eigenvalue weighted by Crippen LogP contribution is -2.34. The summed E-state index contributed by atoms with van der Waals surface area (Å²) in [7, 11) is 1.52. The van der Waals surface area contributed by atoms with Gasteiger partial charge in [-0.3, -0.25) is 9.69 Å². The molecule has 2 amide bonds. The van der Waals surface area contributed by atoms with Gasteiger partial charge < -0.3 is 19.5 Å². The fourth-order valence-corrected chi connectivity index (χ4v) is 3.98. The molecule has 0 spiro atoms. The molecule has 1 saturated heterocycles. The van der Waals surface area contributed by atoms with E-state index >= 15 is 0 Å². The summed E-state index contributed by atoms with van der Waals surface area (Å²) in [6.45, 7) is 5.32. The van der Waals surface area contributed by atoms with Crippen LogP contribution in [0.3, 0.4) is 0 Å². The quantitative estimate of drug-likeness (QED) is 0.780. The number of fused-ring (bicyclic) bond motifs is 1. The predicted octanol–water partition coefficient (Wildman–Crippen LogP) is 2.04. The van der Waals surface area contributed by atoms with Crippen molar-refractivity contribution in [2.45, 2.75) is 32.9 Å². The van der Waals surface area contributed by atoms with Crippen molar-refractivity contribution < 1.29 is 19.2 Å². The van der Waals surface area contributed by atoms with E-state index in [9.17, 15) is 9.59 Å². The maximum absolute atomic E-state index is 12.2. The summed E-state index contributed by atoms with van der Waals surface area (Å²) < 4.78 is 8.42. The van der Waals surface area contributed by atoms with Crippen LogP contribution in [0.5, 0.6) is 0 Å². The first-order chi connectivity index (χ1) is 12.6. The van der Waals surface area contributed by atoms with Gasteiger partial charge in [0.05, 0.1) is 23.3 Å². The second-order valence-corrected chi connectivity index (χ2v) is 6.84. The van der Waals surface area contributed by atoms with E-state index < -0.39 is 6.09 Å². The Bertz CT molecular complexity index is 889. The predicted molar refractivity (Wildman–Crippen MR) is 99.0 cm³/mol. The van der Waals surface area contributed by atoms with Crippen LogP contribution in [0.25, 0.3) is 10.2 Å². The number of hydrogen-bond acceptors (Lipinski definition) is 6. The van der Waals surface area contributed by atoms with Crippen LogP contribution >= 0.6 is 11.3 Å². The highest BCUT2D eigenvalue weighted by molar-refractivity contribution is 7.16. The summed E-state index contributed by atoms with van der Waals surface area (Å²) >= 11 is 1.50.